The molecular formula is C23H23ClN2O5S. The summed E-state index contributed by atoms with van der Waals surface area (Å²) in [5.41, 5.74) is 0.420. The van der Waals surface area contributed by atoms with Gasteiger partial charge in [-0.1, -0.05) is 23.7 Å². The summed E-state index contributed by atoms with van der Waals surface area (Å²) in [6.45, 7) is 2.10. The highest BCUT2D eigenvalue weighted by atomic mass is 35.5. The van der Waals surface area contributed by atoms with Gasteiger partial charge in [0.25, 0.3) is 0 Å². The molecule has 3 aromatic carbocycles. The number of sulfonamides is 1. The Morgan fingerprint density at radius 3 is 2.25 bits per heavy atom. The molecule has 32 heavy (non-hydrogen) atoms. The summed E-state index contributed by atoms with van der Waals surface area (Å²) in [6.07, 6.45) is 0. The third-order valence-electron chi connectivity index (χ3n) is 4.41. The zero-order valence-electron chi connectivity index (χ0n) is 17.6. The molecule has 3 aromatic rings. The molecule has 0 fully saturated rings. The summed E-state index contributed by atoms with van der Waals surface area (Å²) in [6, 6.07) is 19.8. The normalized spacial score (nSPS) is 11.2. The first-order chi connectivity index (χ1) is 15.3. The van der Waals surface area contributed by atoms with Crippen LogP contribution in [0.5, 0.6) is 17.2 Å². The van der Waals surface area contributed by atoms with Gasteiger partial charge in [0.1, 0.15) is 11.5 Å². The first kappa shape index (κ1) is 23.6. The maximum absolute atomic E-state index is 12.7. The maximum Gasteiger partial charge on any atom is 0.243 e. The molecule has 0 saturated carbocycles. The van der Waals surface area contributed by atoms with Crippen LogP contribution in [0.4, 0.5) is 5.69 Å². The van der Waals surface area contributed by atoms with E-state index in [-0.39, 0.29) is 11.4 Å². The minimum Gasteiger partial charge on any atom is -0.494 e. The van der Waals surface area contributed by atoms with Crippen LogP contribution in [0, 0.1) is 0 Å². The summed E-state index contributed by atoms with van der Waals surface area (Å²) in [4.78, 5) is 12.6. The van der Waals surface area contributed by atoms with Gasteiger partial charge in [-0.05, 0) is 67.6 Å². The molecule has 7 nitrogen and oxygen atoms in total. The number of hydrogen-bond donors (Lipinski definition) is 1. The van der Waals surface area contributed by atoms with Gasteiger partial charge in [0.2, 0.25) is 15.9 Å². The van der Waals surface area contributed by atoms with E-state index in [2.05, 4.69) is 5.32 Å². The van der Waals surface area contributed by atoms with Gasteiger partial charge >= 0.3 is 0 Å². The van der Waals surface area contributed by atoms with Crippen molar-refractivity contribution in [1.82, 2.24) is 4.31 Å². The summed E-state index contributed by atoms with van der Waals surface area (Å²) >= 11 is 5.82. The number of halogens is 1. The lowest BCUT2D eigenvalue weighted by atomic mass is 10.2. The molecule has 0 saturated heterocycles. The van der Waals surface area contributed by atoms with Crippen LogP contribution in [0.25, 0.3) is 0 Å². The molecule has 1 N–H and O–H groups in total. The van der Waals surface area contributed by atoms with Crippen molar-refractivity contribution in [2.75, 3.05) is 25.5 Å². The predicted octanol–water partition coefficient (Wildman–Crippen LogP) is 4.79. The van der Waals surface area contributed by atoms with Crippen molar-refractivity contribution >= 4 is 33.2 Å². The highest BCUT2D eigenvalue weighted by Crippen LogP contribution is 2.30. The van der Waals surface area contributed by atoms with Crippen LogP contribution in [-0.4, -0.2) is 38.8 Å². The standard InChI is InChI=1S/C23H23ClN2O5S/c1-3-30-18-10-12-19(13-11-18)31-22-7-5-4-6-21(22)25-23(27)16-26(2)32(28,29)20-14-8-17(24)9-15-20/h4-15H,3,16H2,1-2H3,(H,25,27). The van der Waals surface area contributed by atoms with E-state index in [4.69, 9.17) is 21.1 Å². The monoisotopic (exact) mass is 474 g/mol. The largest absolute Gasteiger partial charge is 0.494 e. The molecule has 0 aliphatic carbocycles. The number of rotatable bonds is 9. The Morgan fingerprint density at radius 1 is 0.969 bits per heavy atom. The Morgan fingerprint density at radius 2 is 1.59 bits per heavy atom. The number of ether oxygens (including phenoxy) is 2. The molecule has 0 unspecified atom stereocenters. The van der Waals surface area contributed by atoms with Crippen molar-refractivity contribution < 1.29 is 22.7 Å². The fourth-order valence-corrected chi connectivity index (χ4v) is 4.07. The molecule has 0 bridgehead atoms. The van der Waals surface area contributed by atoms with Crippen LogP contribution in [0.3, 0.4) is 0 Å². The Labute approximate surface area is 192 Å². The zero-order chi connectivity index (χ0) is 23.1. The van der Waals surface area contributed by atoms with Crippen LogP contribution >= 0.6 is 11.6 Å². The van der Waals surface area contributed by atoms with Gasteiger partial charge < -0.3 is 14.8 Å². The zero-order valence-corrected chi connectivity index (χ0v) is 19.2. The number of carbonyl (C=O) groups is 1. The minimum absolute atomic E-state index is 0.0523. The maximum atomic E-state index is 12.7. The van der Waals surface area contributed by atoms with E-state index in [0.29, 0.717) is 28.8 Å². The number of benzene rings is 3. The lowest BCUT2D eigenvalue weighted by Crippen LogP contribution is -2.35. The number of anilines is 1. The van der Waals surface area contributed by atoms with Crippen molar-refractivity contribution in [2.45, 2.75) is 11.8 Å². The van der Waals surface area contributed by atoms with E-state index in [1.54, 1.807) is 48.5 Å². The van der Waals surface area contributed by atoms with Crippen LogP contribution in [0.1, 0.15) is 6.92 Å². The van der Waals surface area contributed by atoms with Gasteiger partial charge in [-0.15, -0.1) is 0 Å². The molecule has 0 aliphatic rings. The van der Waals surface area contributed by atoms with E-state index in [1.807, 2.05) is 6.92 Å². The molecular weight excluding hydrogens is 452 g/mol. The predicted molar refractivity (Wildman–Crippen MR) is 124 cm³/mol. The molecule has 0 radical (unpaired) electrons. The smallest absolute Gasteiger partial charge is 0.243 e. The molecule has 0 atom stereocenters. The van der Waals surface area contributed by atoms with Gasteiger partial charge in [0, 0.05) is 12.1 Å². The molecule has 168 valence electrons. The molecule has 9 heteroatoms. The van der Waals surface area contributed by atoms with Gasteiger partial charge in [0.05, 0.1) is 23.7 Å². The topological polar surface area (TPSA) is 84.9 Å². The second-order valence-corrected chi connectivity index (χ2v) is 9.25. The van der Waals surface area contributed by atoms with Crippen LogP contribution in [-0.2, 0) is 14.8 Å². The van der Waals surface area contributed by atoms with E-state index < -0.39 is 15.9 Å². The Balaban J connectivity index is 1.68. The number of hydrogen-bond acceptors (Lipinski definition) is 5. The molecule has 0 heterocycles. The van der Waals surface area contributed by atoms with E-state index in [0.717, 1.165) is 10.1 Å². The van der Waals surface area contributed by atoms with Gasteiger partial charge in [-0.3, -0.25) is 4.79 Å². The number of nitrogens with one attached hydrogen (secondary N) is 1. The third kappa shape index (κ3) is 6.00. The van der Waals surface area contributed by atoms with Gasteiger partial charge in [-0.2, -0.15) is 4.31 Å². The van der Waals surface area contributed by atoms with Gasteiger partial charge in [-0.25, -0.2) is 8.42 Å². The quantitative estimate of drug-likeness (QED) is 0.482. The first-order valence-corrected chi connectivity index (χ1v) is 11.6. The van der Waals surface area contributed by atoms with Crippen molar-refractivity contribution in [3.63, 3.8) is 0 Å². The molecule has 3 rings (SSSR count). The number of nitrogens with zero attached hydrogens (tertiary/aromatic N) is 1. The van der Waals surface area contributed by atoms with E-state index >= 15 is 0 Å². The average Bonchev–Trinajstić information content (AvgIpc) is 2.77. The fourth-order valence-electron chi connectivity index (χ4n) is 2.82. The van der Waals surface area contributed by atoms with Crippen LogP contribution < -0.4 is 14.8 Å². The Kier molecular flexibility index (Phi) is 7.74. The fraction of sp³-hybridized carbons (Fsp3) is 0.174. The molecule has 0 aromatic heterocycles. The van der Waals surface area contributed by atoms with E-state index in [9.17, 15) is 13.2 Å². The van der Waals surface area contributed by atoms with Crippen LogP contribution in [0.15, 0.2) is 77.7 Å². The van der Waals surface area contributed by atoms with Gasteiger partial charge in [0.15, 0.2) is 5.75 Å². The lowest BCUT2D eigenvalue weighted by molar-refractivity contribution is -0.116. The Bertz CT molecular complexity index is 1170. The summed E-state index contributed by atoms with van der Waals surface area (Å²) in [5.74, 6) is 1.21. The van der Waals surface area contributed by atoms with Crippen molar-refractivity contribution in [3.05, 3.63) is 77.8 Å². The first-order valence-electron chi connectivity index (χ1n) is 9.81. The number of para-hydroxylation sites is 2. The van der Waals surface area contributed by atoms with Crippen molar-refractivity contribution in [1.29, 1.82) is 0 Å². The number of likely N-dealkylation sites (N-methyl/N-ethyl adjacent to an activating group) is 1. The second kappa shape index (κ2) is 10.5. The van der Waals surface area contributed by atoms with Crippen molar-refractivity contribution in [3.8, 4) is 17.2 Å². The van der Waals surface area contributed by atoms with Crippen molar-refractivity contribution in [2.24, 2.45) is 0 Å². The number of amides is 1. The average molecular weight is 475 g/mol. The highest BCUT2D eigenvalue weighted by Gasteiger charge is 2.23. The molecule has 1 amide bonds. The second-order valence-electron chi connectivity index (χ2n) is 6.77. The summed E-state index contributed by atoms with van der Waals surface area (Å²) in [7, 11) is -2.50. The highest BCUT2D eigenvalue weighted by molar-refractivity contribution is 7.89. The third-order valence-corrected chi connectivity index (χ3v) is 6.48. The molecule has 0 spiro atoms. The van der Waals surface area contributed by atoms with E-state index in [1.165, 1.54) is 31.3 Å². The SMILES string of the molecule is CCOc1ccc(Oc2ccccc2NC(=O)CN(C)S(=O)(=O)c2ccc(Cl)cc2)cc1. The number of carbonyl (C=O) groups excluding carboxylic acids is 1. The summed E-state index contributed by atoms with van der Waals surface area (Å²) < 4.78 is 37.6. The lowest BCUT2D eigenvalue weighted by Gasteiger charge is -2.18. The Hall–Kier alpha value is -3.07. The minimum atomic E-state index is -3.84. The summed E-state index contributed by atoms with van der Waals surface area (Å²) in [5, 5.41) is 3.13. The molecule has 0 aliphatic heterocycles. The van der Waals surface area contributed by atoms with Crippen LogP contribution in [0.2, 0.25) is 5.02 Å².